The second-order valence-corrected chi connectivity index (χ2v) is 9.69. The Morgan fingerprint density at radius 3 is 2.51 bits per heavy atom. The number of rotatable bonds is 6. The Morgan fingerprint density at radius 1 is 1.05 bits per heavy atom. The number of nitrogens with zero attached hydrogens (tertiary/aromatic N) is 2. The van der Waals surface area contributed by atoms with Crippen LogP contribution in [-0.4, -0.2) is 25.0 Å². The van der Waals surface area contributed by atoms with Crippen molar-refractivity contribution in [1.29, 1.82) is 5.26 Å². The van der Waals surface area contributed by atoms with E-state index in [4.69, 9.17) is 9.47 Å². The van der Waals surface area contributed by atoms with Crippen molar-refractivity contribution >= 4 is 61.5 Å². The highest BCUT2D eigenvalue weighted by atomic mass is 79.9. The molecule has 8 nitrogen and oxygen atoms in total. The van der Waals surface area contributed by atoms with Gasteiger partial charge < -0.3 is 9.47 Å². The van der Waals surface area contributed by atoms with Crippen LogP contribution in [0.3, 0.4) is 0 Å². The summed E-state index contributed by atoms with van der Waals surface area (Å²) in [5.41, 5.74) is 2.62. The van der Waals surface area contributed by atoms with Crippen molar-refractivity contribution in [1.82, 2.24) is 5.32 Å². The van der Waals surface area contributed by atoms with Crippen LogP contribution in [0.15, 0.2) is 69.1 Å². The molecule has 0 spiro atoms. The summed E-state index contributed by atoms with van der Waals surface area (Å²) in [6.45, 7) is 1.96. The zero-order chi connectivity index (χ0) is 26.7. The van der Waals surface area contributed by atoms with E-state index in [2.05, 4.69) is 43.2 Å². The van der Waals surface area contributed by atoms with Crippen LogP contribution in [0.5, 0.6) is 11.5 Å². The molecule has 1 aliphatic rings. The lowest BCUT2D eigenvalue weighted by Gasteiger charge is -2.26. The fourth-order valence-electron chi connectivity index (χ4n) is 3.69. The number of ether oxygens (including phenoxy) is 2. The quantitative estimate of drug-likeness (QED) is 0.281. The van der Waals surface area contributed by atoms with Gasteiger partial charge in [-0.1, -0.05) is 34.1 Å². The Labute approximate surface area is 229 Å². The van der Waals surface area contributed by atoms with Crippen LogP contribution in [0.2, 0.25) is 0 Å². The highest BCUT2D eigenvalue weighted by Gasteiger charge is 2.37. The second-order valence-electron chi connectivity index (χ2n) is 7.98. The van der Waals surface area contributed by atoms with Crippen LogP contribution in [0, 0.1) is 18.3 Å². The smallest absolute Gasteiger partial charge is 0.335 e. The van der Waals surface area contributed by atoms with Crippen molar-refractivity contribution in [3.8, 4) is 17.6 Å². The van der Waals surface area contributed by atoms with Gasteiger partial charge in [0.05, 0.1) is 28.9 Å². The molecule has 10 heteroatoms. The van der Waals surface area contributed by atoms with Crippen molar-refractivity contribution in [2.75, 3.05) is 12.0 Å². The number of nitriles is 1. The first kappa shape index (κ1) is 26.1. The molecule has 0 aliphatic carbocycles. The van der Waals surface area contributed by atoms with E-state index in [0.29, 0.717) is 38.3 Å². The lowest BCUT2D eigenvalue weighted by molar-refractivity contribution is -0.122. The van der Waals surface area contributed by atoms with Gasteiger partial charge in [0.15, 0.2) is 11.5 Å². The monoisotopic (exact) mass is 623 g/mol. The summed E-state index contributed by atoms with van der Waals surface area (Å²) in [5, 5.41) is 11.5. The molecule has 3 aromatic rings. The number of hydrogen-bond donors (Lipinski definition) is 1. The number of anilines is 1. The van der Waals surface area contributed by atoms with E-state index in [1.54, 1.807) is 48.5 Å². The molecule has 186 valence electrons. The van der Waals surface area contributed by atoms with Crippen LogP contribution in [0.25, 0.3) is 6.08 Å². The lowest BCUT2D eigenvalue weighted by atomic mass is 10.1. The van der Waals surface area contributed by atoms with Gasteiger partial charge >= 0.3 is 6.03 Å². The Morgan fingerprint density at radius 2 is 1.81 bits per heavy atom. The molecule has 3 aromatic carbocycles. The Bertz CT molecular complexity index is 1510. The van der Waals surface area contributed by atoms with Crippen molar-refractivity contribution in [3.63, 3.8) is 0 Å². The van der Waals surface area contributed by atoms with Gasteiger partial charge in [-0.25, -0.2) is 9.69 Å². The van der Waals surface area contributed by atoms with Gasteiger partial charge in [-0.05, 0) is 76.5 Å². The molecule has 4 rings (SSSR count). The summed E-state index contributed by atoms with van der Waals surface area (Å²) in [7, 11) is 1.46. The summed E-state index contributed by atoms with van der Waals surface area (Å²) in [4.78, 5) is 39.3. The average molecular weight is 625 g/mol. The molecule has 0 saturated carbocycles. The molecule has 0 aromatic heterocycles. The highest BCUT2D eigenvalue weighted by Crippen LogP contribution is 2.38. The van der Waals surface area contributed by atoms with Gasteiger partial charge in [0.1, 0.15) is 12.2 Å². The van der Waals surface area contributed by atoms with Crippen LogP contribution >= 0.6 is 31.9 Å². The molecule has 1 aliphatic heterocycles. The number of halogens is 2. The maximum atomic E-state index is 13.2. The van der Waals surface area contributed by atoms with E-state index < -0.39 is 17.8 Å². The number of barbiturate groups is 1. The van der Waals surface area contributed by atoms with Crippen LogP contribution in [-0.2, 0) is 16.2 Å². The van der Waals surface area contributed by atoms with E-state index in [9.17, 15) is 19.6 Å². The predicted molar refractivity (Wildman–Crippen MR) is 144 cm³/mol. The van der Waals surface area contributed by atoms with Crippen LogP contribution in [0.1, 0.15) is 22.3 Å². The zero-order valence-electron chi connectivity index (χ0n) is 19.7. The summed E-state index contributed by atoms with van der Waals surface area (Å²) >= 11 is 6.86. The van der Waals surface area contributed by atoms with Gasteiger partial charge in [0.2, 0.25) is 0 Å². The standard InChI is InChI=1S/C27H19Br2N3O5/c1-15-9-19(7-8-21(15)28)32-26(34)20(25(33)31-27(32)35)10-16-11-22(29)24(23(12-16)36-2)37-14-18-6-4-3-5-17(18)13-30/h3-12H,14H2,1-2H3,(H,31,33,35)/b20-10+. The van der Waals surface area contributed by atoms with E-state index in [1.807, 2.05) is 13.0 Å². The lowest BCUT2D eigenvalue weighted by Crippen LogP contribution is -2.54. The fourth-order valence-corrected chi connectivity index (χ4v) is 4.52. The zero-order valence-corrected chi connectivity index (χ0v) is 22.8. The number of amides is 4. The molecule has 1 N–H and O–H groups in total. The molecule has 0 radical (unpaired) electrons. The molecular weight excluding hydrogens is 606 g/mol. The number of benzene rings is 3. The minimum atomic E-state index is -0.825. The summed E-state index contributed by atoms with van der Waals surface area (Å²) in [6, 6.07) is 16.7. The minimum absolute atomic E-state index is 0.129. The Kier molecular flexibility index (Phi) is 7.76. The van der Waals surface area contributed by atoms with Crippen molar-refractivity contribution in [3.05, 3.63) is 91.4 Å². The minimum Gasteiger partial charge on any atom is -0.493 e. The number of nitrogens with one attached hydrogen (secondary N) is 1. The first-order valence-electron chi connectivity index (χ1n) is 10.9. The number of carbonyl (C=O) groups is 3. The van der Waals surface area contributed by atoms with Gasteiger partial charge in [0, 0.05) is 10.0 Å². The van der Waals surface area contributed by atoms with E-state index in [-0.39, 0.29) is 12.2 Å². The van der Waals surface area contributed by atoms with Gasteiger partial charge in [-0.15, -0.1) is 0 Å². The third-order valence-electron chi connectivity index (χ3n) is 5.57. The number of urea groups is 1. The molecule has 4 amide bonds. The molecule has 1 fully saturated rings. The number of aryl methyl sites for hydroxylation is 1. The SMILES string of the molecule is COc1cc(/C=C2\C(=O)NC(=O)N(c3ccc(Br)c(C)c3)C2=O)cc(Br)c1OCc1ccccc1C#N. The normalized spacial score (nSPS) is 14.4. The van der Waals surface area contributed by atoms with Gasteiger partial charge in [-0.3, -0.25) is 14.9 Å². The van der Waals surface area contributed by atoms with Crippen LogP contribution < -0.4 is 19.7 Å². The molecule has 37 heavy (non-hydrogen) atoms. The number of carbonyl (C=O) groups excluding carboxylic acids is 3. The Balaban J connectivity index is 1.66. The largest absolute Gasteiger partial charge is 0.493 e. The third-order valence-corrected chi connectivity index (χ3v) is 7.05. The van der Waals surface area contributed by atoms with E-state index in [0.717, 1.165) is 14.9 Å². The third kappa shape index (κ3) is 5.43. The highest BCUT2D eigenvalue weighted by molar-refractivity contribution is 9.10. The summed E-state index contributed by atoms with van der Waals surface area (Å²) < 4.78 is 12.8. The van der Waals surface area contributed by atoms with Crippen molar-refractivity contribution in [2.24, 2.45) is 0 Å². The average Bonchev–Trinajstić information content (AvgIpc) is 2.87. The molecule has 0 bridgehead atoms. The van der Waals surface area contributed by atoms with Crippen molar-refractivity contribution in [2.45, 2.75) is 13.5 Å². The molecule has 0 unspecified atom stereocenters. The topological polar surface area (TPSA) is 109 Å². The van der Waals surface area contributed by atoms with Gasteiger partial charge in [-0.2, -0.15) is 5.26 Å². The summed E-state index contributed by atoms with van der Waals surface area (Å²) in [5.74, 6) is -0.822. The first-order valence-corrected chi connectivity index (χ1v) is 12.5. The van der Waals surface area contributed by atoms with E-state index in [1.165, 1.54) is 13.2 Å². The Hall–Kier alpha value is -3.94. The van der Waals surface area contributed by atoms with Crippen molar-refractivity contribution < 1.29 is 23.9 Å². The molecule has 0 atom stereocenters. The first-order chi connectivity index (χ1) is 17.7. The van der Waals surface area contributed by atoms with Gasteiger partial charge in [0.25, 0.3) is 11.8 Å². The second kappa shape index (κ2) is 11.0. The molecular formula is C27H19Br2N3O5. The molecule has 1 heterocycles. The maximum Gasteiger partial charge on any atom is 0.335 e. The summed E-state index contributed by atoms with van der Waals surface area (Å²) in [6.07, 6.45) is 1.38. The fraction of sp³-hybridized carbons (Fsp3) is 0.111. The van der Waals surface area contributed by atoms with Crippen LogP contribution in [0.4, 0.5) is 10.5 Å². The maximum absolute atomic E-state index is 13.2. The van der Waals surface area contributed by atoms with E-state index >= 15 is 0 Å². The number of imide groups is 2. The number of hydrogen-bond acceptors (Lipinski definition) is 6. The number of methoxy groups -OCH3 is 1. The molecule has 1 saturated heterocycles. The predicted octanol–water partition coefficient (Wildman–Crippen LogP) is 5.65.